The summed E-state index contributed by atoms with van der Waals surface area (Å²) in [7, 11) is 1.31. The van der Waals surface area contributed by atoms with Gasteiger partial charge in [-0.3, -0.25) is 0 Å². The van der Waals surface area contributed by atoms with Crippen LogP contribution in [0.3, 0.4) is 0 Å². The van der Waals surface area contributed by atoms with Crippen molar-refractivity contribution in [3.05, 3.63) is 35.4 Å². The quantitative estimate of drug-likeness (QED) is 0.727. The smallest absolute Gasteiger partial charge is 0.341 e. The van der Waals surface area contributed by atoms with E-state index in [1.807, 2.05) is 13.0 Å². The number of rotatable bonds is 7. The van der Waals surface area contributed by atoms with Gasteiger partial charge in [0.1, 0.15) is 28.8 Å². The molecule has 8 nitrogen and oxygen atoms in total. The van der Waals surface area contributed by atoms with Gasteiger partial charge in [-0.2, -0.15) is 10.2 Å². The molecule has 2 aromatic rings. The number of ether oxygens (including phenoxy) is 3. The van der Waals surface area contributed by atoms with Crippen molar-refractivity contribution in [2.75, 3.05) is 31.4 Å². The van der Waals surface area contributed by atoms with Crippen molar-refractivity contribution in [1.82, 2.24) is 4.98 Å². The van der Waals surface area contributed by atoms with Gasteiger partial charge >= 0.3 is 5.97 Å². The Morgan fingerprint density at radius 3 is 2.62 bits per heavy atom. The summed E-state index contributed by atoms with van der Waals surface area (Å²) >= 11 is 0. The van der Waals surface area contributed by atoms with E-state index in [4.69, 9.17) is 19.9 Å². The van der Waals surface area contributed by atoms with E-state index >= 15 is 0 Å². The van der Waals surface area contributed by atoms with Gasteiger partial charge in [-0.1, -0.05) is 0 Å². The molecule has 0 radical (unpaired) electrons. The molecule has 1 aromatic heterocycles. The number of nitrogen functional groups attached to an aromatic ring is 1. The van der Waals surface area contributed by atoms with Gasteiger partial charge in [0.15, 0.2) is 0 Å². The van der Waals surface area contributed by atoms with Crippen LogP contribution in [0.15, 0.2) is 24.3 Å². The number of carbonyl (C=O) groups excluding carboxylic acids is 1. The van der Waals surface area contributed by atoms with E-state index in [1.165, 1.54) is 13.2 Å². The number of nitrogens with one attached hydrogen (secondary N) is 1. The Kier molecular flexibility index (Phi) is 6.22. The van der Waals surface area contributed by atoms with Gasteiger partial charge in [0.25, 0.3) is 0 Å². The summed E-state index contributed by atoms with van der Waals surface area (Å²) in [5.74, 6) is 0.460. The highest BCUT2D eigenvalue weighted by Crippen LogP contribution is 2.29. The van der Waals surface area contributed by atoms with Crippen LogP contribution in [0, 0.1) is 11.3 Å². The van der Waals surface area contributed by atoms with E-state index in [0.717, 1.165) is 0 Å². The van der Waals surface area contributed by atoms with Crippen molar-refractivity contribution in [3.63, 3.8) is 0 Å². The van der Waals surface area contributed by atoms with Crippen LogP contribution in [-0.4, -0.2) is 31.3 Å². The summed E-state index contributed by atoms with van der Waals surface area (Å²) in [6.07, 6.45) is 0. The number of carbonyl (C=O) groups is 1. The number of nitrogens with zero attached hydrogens (tertiary/aromatic N) is 2. The summed E-state index contributed by atoms with van der Waals surface area (Å²) < 4.78 is 15.6. The number of pyridine rings is 1. The van der Waals surface area contributed by atoms with Crippen LogP contribution in [0.25, 0.3) is 0 Å². The molecule has 0 bridgehead atoms. The Bertz CT molecular complexity index is 846. The molecule has 0 fully saturated rings. The molecule has 2 rings (SSSR count). The van der Waals surface area contributed by atoms with Crippen LogP contribution in [0.2, 0.25) is 0 Å². The van der Waals surface area contributed by atoms with Gasteiger partial charge in [0, 0.05) is 17.8 Å². The van der Waals surface area contributed by atoms with E-state index in [-0.39, 0.29) is 17.1 Å². The average Bonchev–Trinajstić information content (AvgIpc) is 2.62. The second-order valence-electron chi connectivity index (χ2n) is 5.08. The molecule has 0 aliphatic heterocycles. The van der Waals surface area contributed by atoms with E-state index in [9.17, 15) is 10.1 Å². The summed E-state index contributed by atoms with van der Waals surface area (Å²) in [6.45, 7) is 4.36. The highest BCUT2D eigenvalue weighted by atomic mass is 16.5. The van der Waals surface area contributed by atoms with Gasteiger partial charge < -0.3 is 25.3 Å². The minimum Gasteiger partial charge on any atom is -0.493 e. The SMILES string of the molecule is CCOc1cc(Nc2cc(N)c(C#N)c(OCC)n2)ccc1C(=O)OC. The normalized spacial score (nSPS) is 9.92. The van der Waals surface area contributed by atoms with Gasteiger partial charge in [-0.25, -0.2) is 4.79 Å². The monoisotopic (exact) mass is 356 g/mol. The molecule has 0 aliphatic rings. The predicted octanol–water partition coefficient (Wildman–Crippen LogP) is 2.86. The fraction of sp³-hybridized carbons (Fsp3) is 0.278. The summed E-state index contributed by atoms with van der Waals surface area (Å²) in [4.78, 5) is 16.1. The summed E-state index contributed by atoms with van der Waals surface area (Å²) in [5, 5.41) is 12.2. The molecule has 0 amide bonds. The number of nitrogens with two attached hydrogens (primary N) is 1. The molecule has 0 atom stereocenters. The van der Waals surface area contributed by atoms with Gasteiger partial charge in [0.05, 0.1) is 26.0 Å². The average molecular weight is 356 g/mol. The van der Waals surface area contributed by atoms with Crippen molar-refractivity contribution in [1.29, 1.82) is 5.26 Å². The van der Waals surface area contributed by atoms with Crippen LogP contribution in [0.1, 0.15) is 29.8 Å². The second-order valence-corrected chi connectivity index (χ2v) is 5.08. The Morgan fingerprint density at radius 1 is 1.27 bits per heavy atom. The molecular weight excluding hydrogens is 336 g/mol. The number of hydrogen-bond donors (Lipinski definition) is 2. The van der Waals surface area contributed by atoms with Crippen LogP contribution in [-0.2, 0) is 4.74 Å². The lowest BCUT2D eigenvalue weighted by Crippen LogP contribution is -2.07. The third-order valence-electron chi connectivity index (χ3n) is 3.37. The first kappa shape index (κ1) is 18.9. The van der Waals surface area contributed by atoms with E-state index < -0.39 is 5.97 Å². The maximum Gasteiger partial charge on any atom is 0.341 e. The molecule has 0 saturated carbocycles. The largest absolute Gasteiger partial charge is 0.493 e. The van der Waals surface area contributed by atoms with Crippen LogP contribution in [0.5, 0.6) is 11.6 Å². The molecule has 136 valence electrons. The van der Waals surface area contributed by atoms with Gasteiger partial charge in [-0.05, 0) is 26.0 Å². The molecule has 1 aromatic carbocycles. The van der Waals surface area contributed by atoms with E-state index in [1.54, 1.807) is 25.1 Å². The predicted molar refractivity (Wildman–Crippen MR) is 96.8 cm³/mol. The van der Waals surface area contributed by atoms with Gasteiger partial charge in [-0.15, -0.1) is 0 Å². The van der Waals surface area contributed by atoms with Crippen LogP contribution >= 0.6 is 0 Å². The van der Waals surface area contributed by atoms with Crippen molar-refractivity contribution in [2.45, 2.75) is 13.8 Å². The maximum atomic E-state index is 11.8. The summed E-state index contributed by atoms with van der Waals surface area (Å²) in [5.41, 5.74) is 7.30. The van der Waals surface area contributed by atoms with Crippen molar-refractivity contribution in [3.8, 4) is 17.7 Å². The fourth-order valence-electron chi connectivity index (χ4n) is 2.26. The second kappa shape index (κ2) is 8.58. The lowest BCUT2D eigenvalue weighted by atomic mass is 10.1. The molecule has 0 unspecified atom stereocenters. The lowest BCUT2D eigenvalue weighted by molar-refractivity contribution is 0.0596. The number of aromatic nitrogens is 1. The molecule has 1 heterocycles. The first-order valence-corrected chi connectivity index (χ1v) is 7.99. The Labute approximate surface area is 151 Å². The molecule has 0 spiro atoms. The van der Waals surface area contributed by atoms with E-state index in [0.29, 0.717) is 36.0 Å². The van der Waals surface area contributed by atoms with Crippen molar-refractivity contribution < 1.29 is 19.0 Å². The van der Waals surface area contributed by atoms with Crippen molar-refractivity contribution >= 4 is 23.2 Å². The highest BCUT2D eigenvalue weighted by molar-refractivity contribution is 5.93. The zero-order valence-electron chi connectivity index (χ0n) is 14.8. The van der Waals surface area contributed by atoms with Crippen molar-refractivity contribution in [2.24, 2.45) is 0 Å². The molecular formula is C18H20N4O4. The standard InChI is InChI=1S/C18H20N4O4/c1-4-25-15-8-11(6-7-12(15)18(23)24-3)21-16-9-14(20)13(10-19)17(22-16)26-5-2/h6-9H,4-5H2,1-3H3,(H3,20,21,22). The fourth-order valence-corrected chi connectivity index (χ4v) is 2.26. The lowest BCUT2D eigenvalue weighted by Gasteiger charge is -2.13. The number of methoxy groups -OCH3 is 1. The third kappa shape index (κ3) is 4.13. The molecule has 0 saturated heterocycles. The highest BCUT2D eigenvalue weighted by Gasteiger charge is 2.15. The zero-order valence-corrected chi connectivity index (χ0v) is 14.8. The third-order valence-corrected chi connectivity index (χ3v) is 3.37. The Hall–Kier alpha value is -3.47. The maximum absolute atomic E-state index is 11.8. The number of esters is 1. The molecule has 3 N–H and O–H groups in total. The number of benzene rings is 1. The van der Waals surface area contributed by atoms with Gasteiger partial charge in [0.2, 0.25) is 5.88 Å². The zero-order chi connectivity index (χ0) is 19.1. The minimum absolute atomic E-state index is 0.161. The minimum atomic E-state index is -0.487. The Morgan fingerprint density at radius 2 is 2.00 bits per heavy atom. The number of nitriles is 1. The molecule has 0 aliphatic carbocycles. The Balaban J connectivity index is 2.37. The molecule has 26 heavy (non-hydrogen) atoms. The topological polar surface area (TPSA) is 119 Å². The van der Waals surface area contributed by atoms with E-state index in [2.05, 4.69) is 10.3 Å². The van der Waals surface area contributed by atoms with Crippen LogP contribution in [0.4, 0.5) is 17.2 Å². The summed E-state index contributed by atoms with van der Waals surface area (Å²) in [6, 6.07) is 8.46. The number of anilines is 3. The first-order chi connectivity index (χ1) is 12.5. The molecule has 8 heteroatoms. The first-order valence-electron chi connectivity index (χ1n) is 7.99. The number of hydrogen-bond acceptors (Lipinski definition) is 8. The van der Waals surface area contributed by atoms with Crippen LogP contribution < -0.4 is 20.5 Å².